The number of hydrogen-bond donors (Lipinski definition) is 1. The Balaban J connectivity index is 1.42. The number of carbonyl (C=O) groups excluding carboxylic acids is 1. The van der Waals surface area contributed by atoms with Crippen molar-refractivity contribution in [1.29, 1.82) is 0 Å². The average Bonchev–Trinajstić information content (AvgIpc) is 3.15. The van der Waals surface area contributed by atoms with E-state index in [0.717, 1.165) is 26.6 Å². The maximum atomic E-state index is 12.3. The number of thioether (sulfide) groups is 1. The van der Waals surface area contributed by atoms with E-state index in [1.807, 2.05) is 66.7 Å². The number of tetrazole rings is 1. The van der Waals surface area contributed by atoms with Gasteiger partial charge in [0.2, 0.25) is 11.1 Å². The van der Waals surface area contributed by atoms with Gasteiger partial charge in [-0.1, -0.05) is 58.0 Å². The number of rotatable bonds is 5. The zero-order valence-electron chi connectivity index (χ0n) is 14.0. The van der Waals surface area contributed by atoms with Crippen LogP contribution in [-0.4, -0.2) is 31.9 Å². The smallest absolute Gasteiger partial charge is 0.234 e. The molecule has 0 saturated carbocycles. The quantitative estimate of drug-likeness (QED) is 0.469. The lowest BCUT2D eigenvalue weighted by Gasteiger charge is -2.07. The minimum atomic E-state index is -0.111. The number of carbonyl (C=O) groups is 1. The summed E-state index contributed by atoms with van der Waals surface area (Å²) < 4.78 is 2.59. The highest BCUT2D eigenvalue weighted by atomic mass is 79.9. The normalized spacial score (nSPS) is 10.9. The molecule has 1 aromatic heterocycles. The third-order valence-electron chi connectivity index (χ3n) is 3.88. The van der Waals surface area contributed by atoms with Crippen molar-refractivity contribution in [3.05, 3.63) is 71.2 Å². The molecule has 0 unspecified atom stereocenters. The Morgan fingerprint density at radius 3 is 2.63 bits per heavy atom. The van der Waals surface area contributed by atoms with Gasteiger partial charge in [0.05, 0.1) is 11.4 Å². The zero-order chi connectivity index (χ0) is 18.6. The van der Waals surface area contributed by atoms with Gasteiger partial charge in [0, 0.05) is 10.2 Å². The highest BCUT2D eigenvalue weighted by molar-refractivity contribution is 9.10. The number of amides is 1. The number of aromatic nitrogens is 4. The van der Waals surface area contributed by atoms with Crippen molar-refractivity contribution in [2.45, 2.75) is 5.16 Å². The Hall–Kier alpha value is -2.71. The van der Waals surface area contributed by atoms with Crippen molar-refractivity contribution in [1.82, 2.24) is 20.2 Å². The van der Waals surface area contributed by atoms with Crippen LogP contribution in [0.5, 0.6) is 0 Å². The summed E-state index contributed by atoms with van der Waals surface area (Å²) >= 11 is 4.69. The molecule has 0 aliphatic rings. The molecule has 0 aliphatic heterocycles. The first-order valence-corrected chi connectivity index (χ1v) is 9.93. The van der Waals surface area contributed by atoms with E-state index in [2.05, 4.69) is 36.8 Å². The van der Waals surface area contributed by atoms with E-state index in [-0.39, 0.29) is 11.7 Å². The van der Waals surface area contributed by atoms with Crippen LogP contribution < -0.4 is 5.32 Å². The number of nitrogens with zero attached hydrogens (tertiary/aromatic N) is 4. The number of benzene rings is 3. The van der Waals surface area contributed by atoms with Crippen LogP contribution in [0, 0.1) is 0 Å². The molecule has 0 saturated heterocycles. The Morgan fingerprint density at radius 1 is 1.04 bits per heavy atom. The first-order valence-electron chi connectivity index (χ1n) is 8.15. The fourth-order valence-electron chi connectivity index (χ4n) is 2.61. The summed E-state index contributed by atoms with van der Waals surface area (Å²) in [4.78, 5) is 12.3. The summed E-state index contributed by atoms with van der Waals surface area (Å²) in [5.41, 5.74) is 1.60. The Labute approximate surface area is 168 Å². The molecule has 8 heteroatoms. The predicted octanol–water partition coefficient (Wildman–Crippen LogP) is 4.31. The van der Waals surface area contributed by atoms with Crippen molar-refractivity contribution in [2.75, 3.05) is 11.1 Å². The summed E-state index contributed by atoms with van der Waals surface area (Å²) in [6.07, 6.45) is 0. The molecule has 1 heterocycles. The van der Waals surface area contributed by atoms with Gasteiger partial charge in [-0.05, 0) is 57.6 Å². The monoisotopic (exact) mass is 439 g/mol. The Kier molecular flexibility index (Phi) is 5.17. The van der Waals surface area contributed by atoms with Crippen molar-refractivity contribution in [3.63, 3.8) is 0 Å². The van der Waals surface area contributed by atoms with Gasteiger partial charge >= 0.3 is 0 Å². The molecule has 1 amide bonds. The van der Waals surface area contributed by atoms with Crippen LogP contribution in [0.25, 0.3) is 16.5 Å². The molecule has 0 fully saturated rings. The lowest BCUT2D eigenvalue weighted by molar-refractivity contribution is -0.113. The average molecular weight is 440 g/mol. The fourth-order valence-corrected chi connectivity index (χ4v) is 3.56. The second-order valence-electron chi connectivity index (χ2n) is 5.75. The van der Waals surface area contributed by atoms with Gasteiger partial charge < -0.3 is 5.32 Å². The van der Waals surface area contributed by atoms with Crippen molar-refractivity contribution >= 4 is 50.1 Å². The molecule has 134 valence electrons. The largest absolute Gasteiger partial charge is 0.325 e. The second-order valence-corrected chi connectivity index (χ2v) is 7.61. The molecule has 1 N–H and O–H groups in total. The number of halogens is 1. The van der Waals surface area contributed by atoms with E-state index >= 15 is 0 Å². The van der Waals surface area contributed by atoms with Crippen LogP contribution in [0.2, 0.25) is 0 Å². The van der Waals surface area contributed by atoms with Gasteiger partial charge in [-0.15, -0.1) is 5.10 Å². The SMILES string of the molecule is O=C(CSc1nnnn1-c1ccc(Br)cc1)Nc1ccc2ccccc2c1. The predicted molar refractivity (Wildman–Crippen MR) is 110 cm³/mol. The number of nitrogens with one attached hydrogen (secondary N) is 1. The van der Waals surface area contributed by atoms with Crippen molar-refractivity contribution in [2.24, 2.45) is 0 Å². The molecule has 0 spiro atoms. The number of anilines is 1. The second kappa shape index (κ2) is 7.89. The summed E-state index contributed by atoms with van der Waals surface area (Å²) in [5, 5.41) is 17.4. The highest BCUT2D eigenvalue weighted by Crippen LogP contribution is 2.21. The van der Waals surface area contributed by atoms with Gasteiger partial charge in [-0.2, -0.15) is 4.68 Å². The van der Waals surface area contributed by atoms with E-state index in [9.17, 15) is 4.79 Å². The van der Waals surface area contributed by atoms with E-state index in [4.69, 9.17) is 0 Å². The number of fused-ring (bicyclic) bond motifs is 1. The highest BCUT2D eigenvalue weighted by Gasteiger charge is 2.12. The lowest BCUT2D eigenvalue weighted by atomic mass is 10.1. The minimum Gasteiger partial charge on any atom is -0.325 e. The number of hydrogen-bond acceptors (Lipinski definition) is 5. The first kappa shape index (κ1) is 17.7. The molecular weight excluding hydrogens is 426 g/mol. The van der Waals surface area contributed by atoms with Gasteiger partial charge in [-0.3, -0.25) is 4.79 Å². The zero-order valence-corrected chi connectivity index (χ0v) is 16.4. The molecule has 0 atom stereocenters. The van der Waals surface area contributed by atoms with Crippen LogP contribution in [0.1, 0.15) is 0 Å². The summed E-state index contributed by atoms with van der Waals surface area (Å²) in [6, 6.07) is 21.5. The van der Waals surface area contributed by atoms with E-state index in [1.54, 1.807) is 4.68 Å². The van der Waals surface area contributed by atoms with Crippen molar-refractivity contribution in [3.8, 4) is 5.69 Å². The van der Waals surface area contributed by atoms with Gasteiger partial charge in [0.1, 0.15) is 0 Å². The van der Waals surface area contributed by atoms with Crippen molar-refractivity contribution < 1.29 is 4.79 Å². The van der Waals surface area contributed by atoms with Crippen LogP contribution in [-0.2, 0) is 4.79 Å². The van der Waals surface area contributed by atoms with Crippen LogP contribution in [0.15, 0.2) is 76.4 Å². The maximum Gasteiger partial charge on any atom is 0.234 e. The minimum absolute atomic E-state index is 0.111. The third-order valence-corrected chi connectivity index (χ3v) is 5.33. The molecule has 0 bridgehead atoms. The van der Waals surface area contributed by atoms with Crippen LogP contribution in [0.3, 0.4) is 0 Å². The maximum absolute atomic E-state index is 12.3. The fraction of sp³-hybridized carbons (Fsp3) is 0.0526. The lowest BCUT2D eigenvalue weighted by Crippen LogP contribution is -2.14. The van der Waals surface area contributed by atoms with Gasteiger partial charge in [-0.25, -0.2) is 0 Å². The Morgan fingerprint density at radius 2 is 1.81 bits per heavy atom. The Bertz CT molecular complexity index is 1100. The molecule has 4 rings (SSSR count). The van der Waals surface area contributed by atoms with E-state index in [1.165, 1.54) is 11.8 Å². The van der Waals surface area contributed by atoms with Gasteiger partial charge in [0.15, 0.2) is 0 Å². The summed E-state index contributed by atoms with van der Waals surface area (Å²) in [5.74, 6) is 0.102. The molecule has 4 aromatic rings. The van der Waals surface area contributed by atoms with Gasteiger partial charge in [0.25, 0.3) is 0 Å². The molecule has 27 heavy (non-hydrogen) atoms. The topological polar surface area (TPSA) is 72.7 Å². The van der Waals surface area contributed by atoms with E-state index in [0.29, 0.717) is 5.16 Å². The molecule has 0 aliphatic carbocycles. The van der Waals surface area contributed by atoms with Crippen LogP contribution >= 0.6 is 27.7 Å². The van der Waals surface area contributed by atoms with Crippen LogP contribution in [0.4, 0.5) is 5.69 Å². The molecule has 3 aromatic carbocycles. The first-order chi connectivity index (χ1) is 13.2. The molecular formula is C19H14BrN5OS. The molecule has 0 radical (unpaired) electrons. The van der Waals surface area contributed by atoms with E-state index < -0.39 is 0 Å². The third kappa shape index (κ3) is 4.17. The summed E-state index contributed by atoms with van der Waals surface area (Å²) in [7, 11) is 0. The summed E-state index contributed by atoms with van der Waals surface area (Å²) in [6.45, 7) is 0. The standard InChI is InChI=1S/C19H14BrN5OS/c20-15-6-9-17(10-7-15)25-19(22-23-24-25)27-12-18(26)21-16-8-5-13-3-1-2-4-14(13)11-16/h1-11H,12H2,(H,21,26). The molecule has 6 nitrogen and oxygen atoms in total.